The van der Waals surface area contributed by atoms with Gasteiger partial charge in [-0.2, -0.15) is 0 Å². The molecule has 0 amide bonds. The monoisotopic (exact) mass is 575 g/mol. The lowest BCUT2D eigenvalue weighted by Gasteiger charge is -2.41. The molecule has 0 aliphatic carbocycles. The summed E-state index contributed by atoms with van der Waals surface area (Å²) in [6.07, 6.45) is 0. The van der Waals surface area contributed by atoms with Crippen molar-refractivity contribution >= 4 is 21.8 Å². The van der Waals surface area contributed by atoms with Gasteiger partial charge in [0.25, 0.3) is 0 Å². The van der Waals surface area contributed by atoms with Gasteiger partial charge in [-0.15, -0.1) is 0 Å². The van der Waals surface area contributed by atoms with E-state index < -0.39 is 5.41 Å². The van der Waals surface area contributed by atoms with E-state index in [1.807, 2.05) is 0 Å². The van der Waals surface area contributed by atoms with Gasteiger partial charge in [-0.05, 0) is 64.7 Å². The Labute approximate surface area is 262 Å². The van der Waals surface area contributed by atoms with Crippen molar-refractivity contribution in [3.63, 3.8) is 0 Å². The Bertz CT molecular complexity index is 2300. The quantitative estimate of drug-likeness (QED) is 0.204. The van der Waals surface area contributed by atoms with Crippen molar-refractivity contribution in [3.05, 3.63) is 198 Å². The first-order chi connectivity index (χ1) is 22.3. The van der Waals surface area contributed by atoms with E-state index in [1.165, 1.54) is 38.5 Å². The number of hydrogen-bond donors (Lipinski definition) is 0. The van der Waals surface area contributed by atoms with E-state index in [2.05, 4.69) is 180 Å². The number of benzene rings is 7. The minimum Gasteiger partial charge on any atom is -0.457 e. The SMILES string of the molecule is c1ccc(-n2c3ccccc3c3ccc(-c4ccc5c(c4)C(c4ccccc4)(c4ccccc4)c4ccccc4O5)cc32)cc1. The van der Waals surface area contributed by atoms with Gasteiger partial charge in [0.15, 0.2) is 0 Å². The summed E-state index contributed by atoms with van der Waals surface area (Å²) >= 11 is 0. The van der Waals surface area contributed by atoms with Crippen LogP contribution in [0.3, 0.4) is 0 Å². The van der Waals surface area contributed by atoms with Crippen molar-refractivity contribution in [1.29, 1.82) is 0 Å². The predicted octanol–water partition coefficient (Wildman–Crippen LogP) is 10.9. The molecule has 0 N–H and O–H groups in total. The zero-order valence-electron chi connectivity index (χ0n) is 24.6. The molecule has 1 aliphatic heterocycles. The largest absolute Gasteiger partial charge is 0.457 e. The van der Waals surface area contributed by atoms with E-state index >= 15 is 0 Å². The maximum atomic E-state index is 6.65. The third kappa shape index (κ3) is 3.82. The molecule has 0 saturated heterocycles. The lowest BCUT2D eigenvalue weighted by molar-refractivity contribution is 0.434. The van der Waals surface area contributed by atoms with E-state index in [9.17, 15) is 0 Å². The third-order valence-corrected chi connectivity index (χ3v) is 9.33. The number of fused-ring (bicyclic) bond motifs is 5. The molecule has 2 heterocycles. The van der Waals surface area contributed by atoms with E-state index in [-0.39, 0.29) is 0 Å². The van der Waals surface area contributed by atoms with E-state index in [4.69, 9.17) is 4.74 Å². The molecular formula is C43H29NO. The summed E-state index contributed by atoms with van der Waals surface area (Å²) in [5.41, 5.74) is 10.0. The van der Waals surface area contributed by atoms with E-state index in [0.717, 1.165) is 33.9 Å². The third-order valence-electron chi connectivity index (χ3n) is 9.33. The van der Waals surface area contributed by atoms with Crippen molar-refractivity contribution in [1.82, 2.24) is 4.57 Å². The Morgan fingerprint density at radius 3 is 1.71 bits per heavy atom. The molecule has 0 bridgehead atoms. The highest BCUT2D eigenvalue weighted by molar-refractivity contribution is 6.10. The molecule has 0 saturated carbocycles. The van der Waals surface area contributed by atoms with Crippen LogP contribution in [0.4, 0.5) is 0 Å². The molecule has 2 nitrogen and oxygen atoms in total. The molecular weight excluding hydrogens is 546 g/mol. The Hall–Kier alpha value is -5.86. The van der Waals surface area contributed by atoms with Crippen molar-refractivity contribution in [2.75, 3.05) is 0 Å². The van der Waals surface area contributed by atoms with Gasteiger partial charge in [0, 0.05) is 27.6 Å². The second-order valence-electron chi connectivity index (χ2n) is 11.7. The number of para-hydroxylation sites is 3. The van der Waals surface area contributed by atoms with Gasteiger partial charge in [0.05, 0.1) is 16.4 Å². The lowest BCUT2D eigenvalue weighted by atomic mass is 9.63. The number of hydrogen-bond acceptors (Lipinski definition) is 1. The van der Waals surface area contributed by atoms with Crippen LogP contribution in [0.2, 0.25) is 0 Å². The van der Waals surface area contributed by atoms with Crippen LogP contribution in [0, 0.1) is 0 Å². The maximum absolute atomic E-state index is 6.65. The molecule has 212 valence electrons. The molecule has 45 heavy (non-hydrogen) atoms. The number of nitrogens with zero attached hydrogens (tertiary/aromatic N) is 1. The summed E-state index contributed by atoms with van der Waals surface area (Å²) < 4.78 is 9.03. The smallest absolute Gasteiger partial charge is 0.132 e. The van der Waals surface area contributed by atoms with Crippen molar-refractivity contribution < 1.29 is 4.74 Å². The van der Waals surface area contributed by atoms with Gasteiger partial charge in [-0.1, -0.05) is 133 Å². The Balaban J connectivity index is 1.32. The van der Waals surface area contributed by atoms with Crippen LogP contribution in [0.15, 0.2) is 176 Å². The topological polar surface area (TPSA) is 14.2 Å². The second-order valence-corrected chi connectivity index (χ2v) is 11.7. The Morgan fingerprint density at radius 2 is 0.956 bits per heavy atom. The van der Waals surface area contributed by atoms with Crippen LogP contribution in [0.5, 0.6) is 11.5 Å². The molecule has 0 fully saturated rings. The van der Waals surface area contributed by atoms with Gasteiger partial charge < -0.3 is 9.30 Å². The summed E-state index contributed by atoms with van der Waals surface area (Å²) in [7, 11) is 0. The summed E-state index contributed by atoms with van der Waals surface area (Å²) in [6, 6.07) is 63.1. The van der Waals surface area contributed by atoms with E-state index in [0.29, 0.717) is 0 Å². The molecule has 0 unspecified atom stereocenters. The molecule has 1 aromatic heterocycles. The average molecular weight is 576 g/mol. The van der Waals surface area contributed by atoms with Gasteiger partial charge >= 0.3 is 0 Å². The van der Waals surface area contributed by atoms with E-state index in [1.54, 1.807) is 0 Å². The predicted molar refractivity (Wildman–Crippen MR) is 185 cm³/mol. The molecule has 0 spiro atoms. The fourth-order valence-corrected chi connectivity index (χ4v) is 7.39. The Kier molecular flexibility index (Phi) is 5.76. The molecule has 2 heteroatoms. The first-order valence-corrected chi connectivity index (χ1v) is 15.4. The zero-order chi connectivity index (χ0) is 29.8. The highest BCUT2D eigenvalue weighted by Crippen LogP contribution is 2.55. The normalized spacial score (nSPS) is 13.2. The second kappa shape index (κ2) is 10.1. The van der Waals surface area contributed by atoms with Gasteiger partial charge in [0.2, 0.25) is 0 Å². The van der Waals surface area contributed by atoms with Crippen LogP contribution >= 0.6 is 0 Å². The molecule has 7 aromatic carbocycles. The zero-order valence-corrected chi connectivity index (χ0v) is 24.6. The molecule has 0 radical (unpaired) electrons. The van der Waals surface area contributed by atoms with Crippen LogP contribution in [0.1, 0.15) is 22.3 Å². The van der Waals surface area contributed by atoms with Crippen molar-refractivity contribution in [2.24, 2.45) is 0 Å². The number of aromatic nitrogens is 1. The number of ether oxygens (including phenoxy) is 1. The fourth-order valence-electron chi connectivity index (χ4n) is 7.39. The minimum absolute atomic E-state index is 0.550. The fraction of sp³-hybridized carbons (Fsp3) is 0.0233. The molecule has 9 rings (SSSR count). The lowest BCUT2D eigenvalue weighted by Crippen LogP contribution is -2.34. The van der Waals surface area contributed by atoms with Crippen molar-refractivity contribution in [2.45, 2.75) is 5.41 Å². The van der Waals surface area contributed by atoms with Gasteiger partial charge in [0.1, 0.15) is 11.5 Å². The van der Waals surface area contributed by atoms with Gasteiger partial charge in [-0.3, -0.25) is 0 Å². The summed E-state index contributed by atoms with van der Waals surface area (Å²) in [5.74, 6) is 1.77. The summed E-state index contributed by atoms with van der Waals surface area (Å²) in [5, 5.41) is 2.50. The highest BCUT2D eigenvalue weighted by atomic mass is 16.5. The Morgan fingerprint density at radius 1 is 0.400 bits per heavy atom. The summed E-state index contributed by atoms with van der Waals surface area (Å²) in [6.45, 7) is 0. The molecule has 1 aliphatic rings. The van der Waals surface area contributed by atoms with Crippen LogP contribution < -0.4 is 4.74 Å². The summed E-state index contributed by atoms with van der Waals surface area (Å²) in [4.78, 5) is 0. The number of rotatable bonds is 4. The highest BCUT2D eigenvalue weighted by Gasteiger charge is 2.45. The average Bonchev–Trinajstić information content (AvgIpc) is 3.45. The minimum atomic E-state index is -0.550. The first kappa shape index (κ1) is 25.6. The van der Waals surface area contributed by atoms with Gasteiger partial charge in [-0.25, -0.2) is 0 Å². The van der Waals surface area contributed by atoms with Crippen LogP contribution in [-0.4, -0.2) is 4.57 Å². The standard InChI is InChI=1S/C43H29NO/c1-4-14-32(15-5-1)43(33-16-6-2-7-17-33)37-21-11-13-23-41(37)45-42-27-25-30(28-38(42)43)31-24-26-36-35-20-10-12-22-39(35)44(40(36)29-31)34-18-8-3-9-19-34/h1-29H. The molecule has 8 aromatic rings. The maximum Gasteiger partial charge on any atom is 0.132 e. The van der Waals surface area contributed by atoms with Crippen LogP contribution in [0.25, 0.3) is 38.6 Å². The van der Waals surface area contributed by atoms with Crippen LogP contribution in [-0.2, 0) is 5.41 Å². The first-order valence-electron chi connectivity index (χ1n) is 15.4. The van der Waals surface area contributed by atoms with Crippen molar-refractivity contribution in [3.8, 4) is 28.3 Å². The molecule has 0 atom stereocenters.